The molecule has 0 atom stereocenters. The number of hydrogen-bond acceptors (Lipinski definition) is 3. The van der Waals surface area contributed by atoms with Crippen molar-refractivity contribution in [3.63, 3.8) is 0 Å². The number of halogens is 2. The third-order valence-electron chi connectivity index (χ3n) is 3.86. The number of aryl methyl sites for hydroxylation is 1. The van der Waals surface area contributed by atoms with Crippen LogP contribution in [0.2, 0.25) is 10.0 Å². The van der Waals surface area contributed by atoms with Crippen LogP contribution in [0.3, 0.4) is 0 Å². The van der Waals surface area contributed by atoms with Crippen molar-refractivity contribution in [3.8, 4) is 0 Å². The van der Waals surface area contributed by atoms with Crippen LogP contribution < -0.4 is 5.32 Å². The highest BCUT2D eigenvalue weighted by Crippen LogP contribution is 2.24. The van der Waals surface area contributed by atoms with Gasteiger partial charge in [-0.1, -0.05) is 35.3 Å². The van der Waals surface area contributed by atoms with Crippen LogP contribution in [0.4, 0.5) is 5.82 Å². The van der Waals surface area contributed by atoms with Crippen LogP contribution in [0.1, 0.15) is 21.6 Å². The van der Waals surface area contributed by atoms with E-state index in [0.29, 0.717) is 28.0 Å². The van der Waals surface area contributed by atoms with Crippen LogP contribution in [0.15, 0.2) is 53.4 Å². The smallest absolute Gasteiger partial charge is 0.258 e. The Kier molecular flexibility index (Phi) is 5.91. The molecular formula is C19H17Cl2N3OS. The van der Waals surface area contributed by atoms with E-state index in [1.165, 1.54) is 0 Å². The number of benzene rings is 2. The van der Waals surface area contributed by atoms with Gasteiger partial charge in [-0.05, 0) is 49.1 Å². The molecule has 1 N–H and O–H groups in total. The first-order valence-electron chi connectivity index (χ1n) is 7.90. The van der Waals surface area contributed by atoms with E-state index in [1.54, 1.807) is 23.9 Å². The molecule has 26 heavy (non-hydrogen) atoms. The molecule has 1 heterocycles. The van der Waals surface area contributed by atoms with Gasteiger partial charge >= 0.3 is 0 Å². The molecule has 0 aliphatic carbocycles. The Bertz CT molecular complexity index is 956. The lowest BCUT2D eigenvalue weighted by Gasteiger charge is -2.07. The van der Waals surface area contributed by atoms with Gasteiger partial charge in [0.15, 0.2) is 5.82 Å². The second-order valence-corrected chi connectivity index (χ2v) is 7.48. The van der Waals surface area contributed by atoms with Gasteiger partial charge in [0.25, 0.3) is 5.91 Å². The molecule has 0 unspecified atom stereocenters. The fraction of sp³-hybridized carbons (Fsp3) is 0.158. The number of carbonyl (C=O) groups excluding carboxylic acids is 1. The Morgan fingerprint density at radius 2 is 2.00 bits per heavy atom. The zero-order valence-electron chi connectivity index (χ0n) is 14.3. The molecule has 0 saturated heterocycles. The van der Waals surface area contributed by atoms with Gasteiger partial charge in [-0.15, -0.1) is 11.8 Å². The maximum atomic E-state index is 12.6. The van der Waals surface area contributed by atoms with Gasteiger partial charge in [0.2, 0.25) is 0 Å². The van der Waals surface area contributed by atoms with Crippen LogP contribution >= 0.6 is 35.0 Å². The first kappa shape index (κ1) is 18.8. The molecule has 2 aromatic carbocycles. The van der Waals surface area contributed by atoms with Crippen molar-refractivity contribution in [1.82, 2.24) is 9.78 Å². The Balaban J connectivity index is 1.78. The number of rotatable bonds is 5. The van der Waals surface area contributed by atoms with Gasteiger partial charge in [-0.2, -0.15) is 5.10 Å². The largest absolute Gasteiger partial charge is 0.305 e. The predicted octanol–water partition coefficient (Wildman–Crippen LogP) is 5.52. The van der Waals surface area contributed by atoms with Crippen molar-refractivity contribution in [3.05, 3.63) is 75.4 Å². The highest BCUT2D eigenvalue weighted by Gasteiger charge is 2.14. The number of aromatic nitrogens is 2. The molecule has 7 heteroatoms. The molecule has 0 saturated carbocycles. The number of nitrogens with zero attached hydrogens (tertiary/aromatic N) is 2. The summed E-state index contributed by atoms with van der Waals surface area (Å²) in [5, 5.41) is 8.38. The summed E-state index contributed by atoms with van der Waals surface area (Å²) < 4.78 is 1.82. The van der Waals surface area contributed by atoms with Gasteiger partial charge in [0.05, 0.1) is 17.1 Å². The Morgan fingerprint density at radius 3 is 2.73 bits per heavy atom. The normalized spacial score (nSPS) is 10.8. The van der Waals surface area contributed by atoms with Gasteiger partial charge in [-0.25, -0.2) is 0 Å². The number of nitrogens with one attached hydrogen (secondary N) is 1. The summed E-state index contributed by atoms with van der Waals surface area (Å²) in [6.07, 6.45) is 1.95. The SMILES string of the molecule is CSc1ccc(Cl)c(C(=O)Nc2cc(C)n(Cc3cccc(Cl)c3)n2)c1. The van der Waals surface area contributed by atoms with Crippen LogP contribution in [0.25, 0.3) is 0 Å². The van der Waals surface area contributed by atoms with E-state index in [1.807, 2.05) is 54.3 Å². The Hall–Kier alpha value is -1.95. The molecular weight excluding hydrogens is 389 g/mol. The molecule has 0 aliphatic rings. The Labute approximate surface area is 166 Å². The number of hydrogen-bond donors (Lipinski definition) is 1. The molecule has 134 valence electrons. The van der Waals surface area contributed by atoms with Crippen LogP contribution in [-0.4, -0.2) is 21.9 Å². The van der Waals surface area contributed by atoms with Gasteiger partial charge in [-0.3, -0.25) is 9.48 Å². The second kappa shape index (κ2) is 8.16. The minimum absolute atomic E-state index is 0.279. The molecule has 0 aliphatic heterocycles. The topological polar surface area (TPSA) is 46.9 Å². The standard InChI is InChI=1S/C19H17Cl2N3OS/c1-12-8-18(23-24(12)11-13-4-3-5-14(20)9-13)22-19(25)16-10-15(26-2)6-7-17(16)21/h3-10H,11H2,1-2H3,(H,22,23,25). The van der Waals surface area contributed by atoms with Crippen molar-refractivity contribution in [2.45, 2.75) is 18.4 Å². The van der Waals surface area contributed by atoms with E-state index in [4.69, 9.17) is 23.2 Å². The first-order chi connectivity index (χ1) is 12.5. The second-order valence-electron chi connectivity index (χ2n) is 5.76. The summed E-state index contributed by atoms with van der Waals surface area (Å²) in [6, 6.07) is 14.8. The van der Waals surface area contributed by atoms with Crippen LogP contribution in [0.5, 0.6) is 0 Å². The van der Waals surface area contributed by atoms with E-state index in [-0.39, 0.29) is 5.91 Å². The van der Waals surface area contributed by atoms with Crippen molar-refractivity contribution in [2.75, 3.05) is 11.6 Å². The maximum absolute atomic E-state index is 12.6. The zero-order valence-corrected chi connectivity index (χ0v) is 16.6. The highest BCUT2D eigenvalue weighted by atomic mass is 35.5. The molecule has 4 nitrogen and oxygen atoms in total. The third-order valence-corrected chi connectivity index (χ3v) is 5.15. The lowest BCUT2D eigenvalue weighted by atomic mass is 10.2. The fourth-order valence-electron chi connectivity index (χ4n) is 2.53. The van der Waals surface area contributed by atoms with Crippen molar-refractivity contribution in [2.24, 2.45) is 0 Å². The van der Waals surface area contributed by atoms with Crippen LogP contribution in [-0.2, 0) is 6.54 Å². The molecule has 3 aromatic rings. The summed E-state index contributed by atoms with van der Waals surface area (Å²) in [7, 11) is 0. The molecule has 0 spiro atoms. The van der Waals surface area contributed by atoms with E-state index in [2.05, 4.69) is 10.4 Å². The van der Waals surface area contributed by atoms with Crippen LogP contribution in [0, 0.1) is 6.92 Å². The lowest BCUT2D eigenvalue weighted by molar-refractivity contribution is 0.102. The summed E-state index contributed by atoms with van der Waals surface area (Å²) >= 11 is 13.8. The average Bonchev–Trinajstić information content (AvgIpc) is 2.94. The van der Waals surface area contributed by atoms with Gasteiger partial charge in [0.1, 0.15) is 0 Å². The summed E-state index contributed by atoms with van der Waals surface area (Å²) in [5.41, 5.74) is 2.40. The molecule has 0 radical (unpaired) electrons. The van der Waals surface area contributed by atoms with E-state index in [9.17, 15) is 4.79 Å². The zero-order chi connectivity index (χ0) is 18.7. The average molecular weight is 406 g/mol. The van der Waals surface area contributed by atoms with Crippen molar-refractivity contribution in [1.29, 1.82) is 0 Å². The molecule has 0 fully saturated rings. The van der Waals surface area contributed by atoms with Gasteiger partial charge < -0.3 is 5.32 Å². The highest BCUT2D eigenvalue weighted by molar-refractivity contribution is 7.98. The minimum atomic E-state index is -0.279. The number of amides is 1. The van der Waals surface area contributed by atoms with Gasteiger partial charge in [0, 0.05) is 21.7 Å². The minimum Gasteiger partial charge on any atom is -0.305 e. The summed E-state index contributed by atoms with van der Waals surface area (Å²) in [6.45, 7) is 2.51. The lowest BCUT2D eigenvalue weighted by Crippen LogP contribution is -2.13. The summed E-state index contributed by atoms with van der Waals surface area (Å²) in [4.78, 5) is 13.5. The van der Waals surface area contributed by atoms with E-state index in [0.717, 1.165) is 16.2 Å². The molecule has 3 rings (SSSR count). The Morgan fingerprint density at radius 1 is 1.19 bits per heavy atom. The molecule has 0 bridgehead atoms. The number of anilines is 1. The van der Waals surface area contributed by atoms with Crippen molar-refractivity contribution >= 4 is 46.7 Å². The summed E-state index contributed by atoms with van der Waals surface area (Å²) in [5.74, 6) is 0.207. The number of thioether (sulfide) groups is 1. The quantitative estimate of drug-likeness (QED) is 0.568. The molecule has 1 amide bonds. The first-order valence-corrected chi connectivity index (χ1v) is 9.88. The van der Waals surface area contributed by atoms with E-state index >= 15 is 0 Å². The maximum Gasteiger partial charge on any atom is 0.258 e. The predicted molar refractivity (Wildman–Crippen MR) is 109 cm³/mol. The molecule has 1 aromatic heterocycles. The monoisotopic (exact) mass is 405 g/mol. The fourth-order valence-corrected chi connectivity index (χ4v) is 3.38. The third kappa shape index (κ3) is 4.41. The van der Waals surface area contributed by atoms with E-state index < -0.39 is 0 Å². The number of carbonyl (C=O) groups is 1. The van der Waals surface area contributed by atoms with Crippen molar-refractivity contribution < 1.29 is 4.79 Å².